The molecule has 0 spiro atoms. The largest absolute Gasteiger partial charge is 0.477 e. The molecule has 7 N–H and O–H groups in total. The van der Waals surface area contributed by atoms with Gasteiger partial charge in [-0.2, -0.15) is 0 Å². The summed E-state index contributed by atoms with van der Waals surface area (Å²) >= 11 is 0. The van der Waals surface area contributed by atoms with Gasteiger partial charge in [0.1, 0.15) is 30.5 Å². The van der Waals surface area contributed by atoms with E-state index in [1.165, 1.54) is 0 Å². The van der Waals surface area contributed by atoms with E-state index in [0.29, 0.717) is 0 Å². The third-order valence-corrected chi connectivity index (χ3v) is 2.60. The van der Waals surface area contributed by atoms with Crippen LogP contribution in [0.25, 0.3) is 0 Å². The molecule has 0 aromatic rings. The summed E-state index contributed by atoms with van der Waals surface area (Å²) in [4.78, 5) is 10.7. The van der Waals surface area contributed by atoms with Gasteiger partial charge in [-0.3, -0.25) is 0 Å². The standard InChI is InChI=1S/C8H14O9/c9-1-2(10)5-3(11)4(12)6(13)8(16,17-5)7(14)15/h2-6,9-13,16H,1H2,(H,14,15)/t2-,3-,4+,5-,6+,8-/m1/s1. The van der Waals surface area contributed by atoms with E-state index in [-0.39, 0.29) is 0 Å². The van der Waals surface area contributed by atoms with Crippen molar-refractivity contribution >= 4 is 5.97 Å². The number of rotatable bonds is 3. The van der Waals surface area contributed by atoms with Gasteiger partial charge in [-0.25, -0.2) is 4.79 Å². The molecule has 0 unspecified atom stereocenters. The van der Waals surface area contributed by atoms with Crippen molar-refractivity contribution in [1.29, 1.82) is 0 Å². The fourth-order valence-corrected chi connectivity index (χ4v) is 1.55. The minimum atomic E-state index is -3.17. The van der Waals surface area contributed by atoms with Gasteiger partial charge in [0, 0.05) is 0 Å². The predicted octanol–water partition coefficient (Wildman–Crippen LogP) is -4.41. The summed E-state index contributed by atoms with van der Waals surface area (Å²) in [5.74, 6) is -5.16. The van der Waals surface area contributed by atoms with Crippen LogP contribution < -0.4 is 0 Å². The SMILES string of the molecule is O=C(O)[C@]1(O)O[C@H]([C@H](O)CO)[C@H](O)[C@H](O)[C@@H]1O. The van der Waals surface area contributed by atoms with E-state index in [0.717, 1.165) is 0 Å². The van der Waals surface area contributed by atoms with Gasteiger partial charge in [0.15, 0.2) is 0 Å². The first-order chi connectivity index (χ1) is 7.75. The highest BCUT2D eigenvalue weighted by Gasteiger charge is 2.58. The van der Waals surface area contributed by atoms with Crippen molar-refractivity contribution in [2.24, 2.45) is 0 Å². The summed E-state index contributed by atoms with van der Waals surface area (Å²) in [6.07, 6.45) is -9.67. The molecule has 0 radical (unpaired) electrons. The highest BCUT2D eigenvalue weighted by Crippen LogP contribution is 2.29. The van der Waals surface area contributed by atoms with Crippen molar-refractivity contribution in [1.82, 2.24) is 0 Å². The van der Waals surface area contributed by atoms with Crippen molar-refractivity contribution in [3.63, 3.8) is 0 Å². The smallest absolute Gasteiger partial charge is 0.367 e. The Bertz CT molecular complexity index is 295. The maximum absolute atomic E-state index is 10.7. The van der Waals surface area contributed by atoms with Gasteiger partial charge in [-0.1, -0.05) is 0 Å². The van der Waals surface area contributed by atoms with Gasteiger partial charge in [-0.05, 0) is 0 Å². The van der Waals surface area contributed by atoms with Crippen molar-refractivity contribution in [3.8, 4) is 0 Å². The minimum absolute atomic E-state index is 0.889. The lowest BCUT2D eigenvalue weighted by Gasteiger charge is -2.44. The van der Waals surface area contributed by atoms with Gasteiger partial charge >= 0.3 is 5.97 Å². The number of aliphatic hydroxyl groups excluding tert-OH is 5. The van der Waals surface area contributed by atoms with Crippen LogP contribution in [0.2, 0.25) is 0 Å². The van der Waals surface area contributed by atoms with Crippen molar-refractivity contribution in [3.05, 3.63) is 0 Å². The zero-order chi connectivity index (χ0) is 13.4. The third-order valence-electron chi connectivity index (χ3n) is 2.60. The van der Waals surface area contributed by atoms with E-state index in [1.807, 2.05) is 0 Å². The Kier molecular flexibility index (Phi) is 4.04. The number of carboxylic acid groups (broad SMARTS) is 1. The van der Waals surface area contributed by atoms with Crippen LogP contribution in [0.3, 0.4) is 0 Å². The van der Waals surface area contributed by atoms with Gasteiger partial charge in [0.25, 0.3) is 5.79 Å². The molecular formula is C8H14O9. The summed E-state index contributed by atoms with van der Waals surface area (Å²) in [6, 6.07) is 0. The Morgan fingerprint density at radius 2 is 1.82 bits per heavy atom. The van der Waals surface area contributed by atoms with Gasteiger partial charge < -0.3 is 40.5 Å². The molecular weight excluding hydrogens is 240 g/mol. The average molecular weight is 254 g/mol. The Labute approximate surface area is 95.1 Å². The molecule has 1 rings (SSSR count). The van der Waals surface area contributed by atoms with Crippen LogP contribution in [0.15, 0.2) is 0 Å². The first-order valence-corrected chi connectivity index (χ1v) is 4.72. The normalized spacial score (nSPS) is 44.4. The molecule has 100 valence electrons. The molecule has 0 aliphatic carbocycles. The number of ether oxygens (including phenoxy) is 1. The number of carboxylic acids is 1. The number of hydrogen-bond donors (Lipinski definition) is 7. The summed E-state index contributed by atoms with van der Waals surface area (Å²) in [6.45, 7) is -0.889. The van der Waals surface area contributed by atoms with Crippen LogP contribution in [-0.2, 0) is 9.53 Å². The maximum atomic E-state index is 10.7. The highest BCUT2D eigenvalue weighted by atomic mass is 16.7. The topological polar surface area (TPSA) is 168 Å². The third kappa shape index (κ3) is 2.26. The van der Waals surface area contributed by atoms with Crippen LogP contribution in [0.5, 0.6) is 0 Å². The molecule has 1 saturated heterocycles. The zero-order valence-electron chi connectivity index (χ0n) is 8.54. The summed E-state index contributed by atoms with van der Waals surface area (Å²) < 4.78 is 4.47. The molecule has 0 saturated carbocycles. The van der Waals surface area contributed by atoms with Crippen LogP contribution in [0, 0.1) is 0 Å². The second kappa shape index (κ2) is 4.82. The van der Waals surface area contributed by atoms with Gasteiger partial charge in [0.2, 0.25) is 0 Å². The quantitative estimate of drug-likeness (QED) is 0.263. The van der Waals surface area contributed by atoms with Crippen molar-refractivity contribution in [2.75, 3.05) is 6.61 Å². The van der Waals surface area contributed by atoms with E-state index >= 15 is 0 Å². The molecule has 9 heteroatoms. The first-order valence-electron chi connectivity index (χ1n) is 4.72. The molecule has 0 bridgehead atoms. The number of aliphatic carboxylic acids is 1. The molecule has 1 aliphatic heterocycles. The Morgan fingerprint density at radius 3 is 2.24 bits per heavy atom. The molecule has 0 aromatic carbocycles. The van der Waals surface area contributed by atoms with E-state index in [2.05, 4.69) is 4.74 Å². The summed E-state index contributed by atoms with van der Waals surface area (Å²) in [5, 5.41) is 64.1. The Balaban J connectivity index is 3.02. The summed E-state index contributed by atoms with van der Waals surface area (Å²) in [5.41, 5.74) is 0. The van der Waals surface area contributed by atoms with Crippen LogP contribution in [0.4, 0.5) is 0 Å². The predicted molar refractivity (Wildman–Crippen MR) is 48.6 cm³/mol. The maximum Gasteiger partial charge on any atom is 0.367 e. The Hall–Kier alpha value is -0.810. The number of carbonyl (C=O) groups is 1. The lowest BCUT2D eigenvalue weighted by molar-refractivity contribution is -0.346. The zero-order valence-corrected chi connectivity index (χ0v) is 8.54. The van der Waals surface area contributed by atoms with Crippen LogP contribution in [0.1, 0.15) is 0 Å². The molecule has 1 aliphatic rings. The average Bonchev–Trinajstić information content (AvgIpc) is 2.30. The lowest BCUT2D eigenvalue weighted by atomic mass is 9.90. The second-order valence-corrected chi connectivity index (χ2v) is 3.76. The highest BCUT2D eigenvalue weighted by molar-refractivity contribution is 5.76. The van der Waals surface area contributed by atoms with Gasteiger partial charge in [0.05, 0.1) is 6.61 Å². The van der Waals surface area contributed by atoms with Crippen molar-refractivity contribution < 1.29 is 45.3 Å². The number of hydrogen-bond acceptors (Lipinski definition) is 8. The fraction of sp³-hybridized carbons (Fsp3) is 0.875. The molecule has 1 heterocycles. The fourth-order valence-electron chi connectivity index (χ4n) is 1.55. The van der Waals surface area contributed by atoms with E-state index in [4.69, 9.17) is 10.2 Å². The molecule has 9 nitrogen and oxygen atoms in total. The monoisotopic (exact) mass is 254 g/mol. The molecule has 6 atom stereocenters. The Morgan fingerprint density at radius 1 is 1.29 bits per heavy atom. The molecule has 1 fully saturated rings. The molecule has 0 aromatic heterocycles. The number of aliphatic hydroxyl groups is 6. The molecule has 17 heavy (non-hydrogen) atoms. The van der Waals surface area contributed by atoms with E-state index < -0.39 is 48.9 Å². The summed E-state index contributed by atoms with van der Waals surface area (Å²) in [7, 11) is 0. The van der Waals surface area contributed by atoms with E-state index in [1.54, 1.807) is 0 Å². The van der Waals surface area contributed by atoms with Crippen LogP contribution >= 0.6 is 0 Å². The lowest BCUT2D eigenvalue weighted by Crippen LogP contribution is -2.69. The van der Waals surface area contributed by atoms with Crippen LogP contribution in [-0.4, -0.2) is 84.6 Å². The van der Waals surface area contributed by atoms with Gasteiger partial charge in [-0.15, -0.1) is 0 Å². The second-order valence-electron chi connectivity index (χ2n) is 3.76. The van der Waals surface area contributed by atoms with Crippen molar-refractivity contribution in [2.45, 2.75) is 36.3 Å². The first kappa shape index (κ1) is 14.3. The minimum Gasteiger partial charge on any atom is -0.477 e. The molecule has 0 amide bonds. The van der Waals surface area contributed by atoms with E-state index in [9.17, 15) is 30.3 Å².